The molecule has 3 aromatic rings. The lowest BCUT2D eigenvalue weighted by Gasteiger charge is -2.25. The lowest BCUT2D eigenvalue weighted by atomic mass is 10.1. The SMILES string of the molecule is CCCn1c(=O)c2sc(N3CCCCC3)nc2n(CC(=O)NCc2ccc(Cl)cc2)c1=O. The second kappa shape index (κ2) is 9.87. The fraction of sp³-hybridized carbons (Fsp3) is 0.455. The molecule has 1 amide bonds. The molecule has 1 N–H and O–H groups in total. The van der Waals surface area contributed by atoms with Crippen molar-refractivity contribution in [1.29, 1.82) is 0 Å². The van der Waals surface area contributed by atoms with E-state index in [4.69, 9.17) is 11.6 Å². The quantitative estimate of drug-likeness (QED) is 0.567. The van der Waals surface area contributed by atoms with Gasteiger partial charge in [-0.1, -0.05) is 42.0 Å². The first-order valence-corrected chi connectivity index (χ1v) is 12.1. The minimum atomic E-state index is -0.499. The predicted molar refractivity (Wildman–Crippen MR) is 128 cm³/mol. The number of nitrogens with zero attached hydrogens (tertiary/aromatic N) is 4. The van der Waals surface area contributed by atoms with E-state index in [1.54, 1.807) is 12.1 Å². The first-order valence-electron chi connectivity index (χ1n) is 10.9. The van der Waals surface area contributed by atoms with Gasteiger partial charge in [0.1, 0.15) is 11.2 Å². The average molecular weight is 476 g/mol. The maximum Gasteiger partial charge on any atom is 0.333 e. The highest BCUT2D eigenvalue weighted by atomic mass is 35.5. The molecular weight excluding hydrogens is 450 g/mol. The first-order chi connectivity index (χ1) is 15.5. The van der Waals surface area contributed by atoms with E-state index in [0.717, 1.165) is 36.6 Å². The number of thiazole rings is 1. The third kappa shape index (κ3) is 4.73. The van der Waals surface area contributed by atoms with Crippen molar-refractivity contribution >= 4 is 44.3 Å². The Kier molecular flexibility index (Phi) is 6.95. The number of piperidine rings is 1. The Balaban J connectivity index is 1.65. The normalized spacial score (nSPS) is 14.1. The van der Waals surface area contributed by atoms with Crippen molar-refractivity contribution in [3.8, 4) is 0 Å². The van der Waals surface area contributed by atoms with Crippen LogP contribution < -0.4 is 21.5 Å². The maximum absolute atomic E-state index is 13.1. The molecule has 0 spiro atoms. The smallest absolute Gasteiger partial charge is 0.333 e. The number of carbonyl (C=O) groups excluding carboxylic acids is 1. The van der Waals surface area contributed by atoms with E-state index in [1.165, 1.54) is 26.9 Å². The monoisotopic (exact) mass is 475 g/mol. The summed E-state index contributed by atoms with van der Waals surface area (Å²) in [5.74, 6) is -0.322. The molecule has 1 fully saturated rings. The molecule has 0 unspecified atom stereocenters. The molecule has 0 radical (unpaired) electrons. The van der Waals surface area contributed by atoms with Crippen LogP contribution in [0.1, 0.15) is 38.2 Å². The van der Waals surface area contributed by atoms with Crippen molar-refractivity contribution in [3.05, 3.63) is 55.7 Å². The molecule has 0 atom stereocenters. The predicted octanol–water partition coefficient (Wildman–Crippen LogP) is 2.99. The van der Waals surface area contributed by atoms with Gasteiger partial charge in [0.2, 0.25) is 5.91 Å². The third-order valence-corrected chi connectivity index (χ3v) is 6.88. The molecule has 4 rings (SSSR count). The summed E-state index contributed by atoms with van der Waals surface area (Å²) in [4.78, 5) is 45.6. The van der Waals surface area contributed by atoms with Crippen LogP contribution in [0.3, 0.4) is 0 Å². The Hall–Kier alpha value is -2.65. The molecule has 3 heterocycles. The number of hydrogen-bond donors (Lipinski definition) is 1. The van der Waals surface area contributed by atoms with Crippen molar-refractivity contribution in [2.24, 2.45) is 0 Å². The summed E-state index contributed by atoms with van der Waals surface area (Å²) in [7, 11) is 0. The second-order valence-electron chi connectivity index (χ2n) is 7.93. The summed E-state index contributed by atoms with van der Waals surface area (Å²) < 4.78 is 2.96. The van der Waals surface area contributed by atoms with Crippen LogP contribution in [-0.4, -0.2) is 33.1 Å². The van der Waals surface area contributed by atoms with Crippen LogP contribution in [0.5, 0.6) is 0 Å². The second-order valence-corrected chi connectivity index (χ2v) is 9.34. The van der Waals surface area contributed by atoms with Gasteiger partial charge in [-0.05, 0) is 43.4 Å². The number of nitrogens with one attached hydrogen (secondary N) is 1. The van der Waals surface area contributed by atoms with Crippen LogP contribution in [0.15, 0.2) is 33.9 Å². The number of anilines is 1. The van der Waals surface area contributed by atoms with Gasteiger partial charge in [0, 0.05) is 31.2 Å². The number of carbonyl (C=O) groups is 1. The highest BCUT2D eigenvalue weighted by Gasteiger charge is 2.22. The Bertz CT molecular complexity index is 1230. The van der Waals surface area contributed by atoms with E-state index in [2.05, 4.69) is 15.2 Å². The number of aromatic nitrogens is 3. The highest BCUT2D eigenvalue weighted by molar-refractivity contribution is 7.22. The van der Waals surface area contributed by atoms with Gasteiger partial charge in [0.25, 0.3) is 5.56 Å². The van der Waals surface area contributed by atoms with E-state index in [-0.39, 0.29) is 18.0 Å². The van der Waals surface area contributed by atoms with Crippen molar-refractivity contribution in [2.45, 2.75) is 52.2 Å². The van der Waals surface area contributed by atoms with Gasteiger partial charge in [-0.25, -0.2) is 9.78 Å². The van der Waals surface area contributed by atoms with E-state index in [0.29, 0.717) is 34.9 Å². The molecule has 32 heavy (non-hydrogen) atoms. The fourth-order valence-electron chi connectivity index (χ4n) is 3.86. The van der Waals surface area contributed by atoms with E-state index in [9.17, 15) is 14.4 Å². The number of benzene rings is 1. The minimum Gasteiger partial charge on any atom is -0.350 e. The third-order valence-electron chi connectivity index (χ3n) is 5.53. The summed E-state index contributed by atoms with van der Waals surface area (Å²) in [5.41, 5.74) is 0.365. The topological polar surface area (TPSA) is 89.2 Å². The molecule has 1 aliphatic rings. The van der Waals surface area contributed by atoms with Crippen LogP contribution in [0.4, 0.5) is 5.13 Å². The van der Waals surface area contributed by atoms with Crippen LogP contribution in [0.2, 0.25) is 5.02 Å². The van der Waals surface area contributed by atoms with Gasteiger partial charge in [0.15, 0.2) is 10.8 Å². The Morgan fingerprint density at radius 1 is 1.12 bits per heavy atom. The standard InChI is InChI=1S/C22H26ClN5O3S/c1-2-10-27-20(30)18-19(25-21(32-18)26-11-4-3-5-12-26)28(22(27)31)14-17(29)24-13-15-6-8-16(23)9-7-15/h6-9H,2-5,10-14H2,1H3,(H,24,29). The summed E-state index contributed by atoms with van der Waals surface area (Å²) >= 11 is 7.21. The molecule has 10 heteroatoms. The van der Waals surface area contributed by atoms with Crippen LogP contribution >= 0.6 is 22.9 Å². The van der Waals surface area contributed by atoms with Gasteiger partial charge in [-0.2, -0.15) is 0 Å². The van der Waals surface area contributed by atoms with Crippen molar-refractivity contribution in [3.63, 3.8) is 0 Å². The average Bonchev–Trinajstić information content (AvgIpc) is 3.25. The lowest BCUT2D eigenvalue weighted by Crippen LogP contribution is -2.42. The summed E-state index contributed by atoms with van der Waals surface area (Å²) in [6.45, 7) is 4.10. The van der Waals surface area contributed by atoms with E-state index in [1.807, 2.05) is 19.1 Å². The number of rotatable bonds is 7. The van der Waals surface area contributed by atoms with Gasteiger partial charge < -0.3 is 10.2 Å². The maximum atomic E-state index is 13.1. The van der Waals surface area contributed by atoms with E-state index >= 15 is 0 Å². The zero-order chi connectivity index (χ0) is 22.7. The molecular formula is C22H26ClN5O3S. The Morgan fingerprint density at radius 2 is 1.84 bits per heavy atom. The highest BCUT2D eigenvalue weighted by Crippen LogP contribution is 2.28. The molecule has 0 saturated carbocycles. The zero-order valence-corrected chi connectivity index (χ0v) is 19.5. The van der Waals surface area contributed by atoms with Gasteiger partial charge >= 0.3 is 5.69 Å². The minimum absolute atomic E-state index is 0.198. The van der Waals surface area contributed by atoms with Crippen LogP contribution in [0.25, 0.3) is 10.3 Å². The van der Waals surface area contributed by atoms with E-state index < -0.39 is 5.69 Å². The summed E-state index contributed by atoms with van der Waals surface area (Å²) in [6.07, 6.45) is 3.98. The largest absolute Gasteiger partial charge is 0.350 e. The van der Waals surface area contributed by atoms with Gasteiger partial charge in [0.05, 0.1) is 0 Å². The van der Waals surface area contributed by atoms with Crippen LogP contribution in [-0.2, 0) is 24.4 Å². The molecule has 170 valence electrons. The summed E-state index contributed by atoms with van der Waals surface area (Å²) in [6, 6.07) is 7.18. The number of fused-ring (bicyclic) bond motifs is 1. The lowest BCUT2D eigenvalue weighted by molar-refractivity contribution is -0.121. The zero-order valence-electron chi connectivity index (χ0n) is 18.0. The summed E-state index contributed by atoms with van der Waals surface area (Å²) in [5, 5.41) is 4.19. The Morgan fingerprint density at radius 3 is 2.53 bits per heavy atom. The fourth-order valence-corrected chi connectivity index (χ4v) is 5.05. The van der Waals surface area contributed by atoms with Crippen LogP contribution in [0, 0.1) is 0 Å². The molecule has 1 aliphatic heterocycles. The van der Waals surface area contributed by atoms with Crippen molar-refractivity contribution < 1.29 is 4.79 Å². The van der Waals surface area contributed by atoms with Crippen molar-refractivity contribution in [1.82, 2.24) is 19.4 Å². The number of hydrogen-bond acceptors (Lipinski definition) is 6. The van der Waals surface area contributed by atoms with Crippen molar-refractivity contribution in [2.75, 3.05) is 18.0 Å². The van der Waals surface area contributed by atoms with Gasteiger partial charge in [-0.3, -0.25) is 18.7 Å². The molecule has 1 saturated heterocycles. The molecule has 0 bridgehead atoms. The molecule has 2 aromatic heterocycles. The van der Waals surface area contributed by atoms with Gasteiger partial charge in [-0.15, -0.1) is 0 Å². The first kappa shape index (κ1) is 22.5. The molecule has 1 aromatic carbocycles. The number of amides is 1. The Labute approximate surface area is 194 Å². The molecule has 0 aliphatic carbocycles. The molecule has 8 nitrogen and oxygen atoms in total. The number of halogens is 1.